The Kier molecular flexibility index (Phi) is 5.73. The predicted molar refractivity (Wildman–Crippen MR) is 81.7 cm³/mol. The standard InChI is InChI=1S/C17H26FNO2/c1-12-4-5-14(10-15(12)18)16(20)7-9-19-8-6-13(2)17(11-19)21-3/h4-5,10,13,16-17,20H,6-9,11H2,1-3H3. The topological polar surface area (TPSA) is 32.7 Å². The van der Waals surface area contributed by atoms with E-state index in [0.29, 0.717) is 23.5 Å². The van der Waals surface area contributed by atoms with Crippen LogP contribution in [0.5, 0.6) is 0 Å². The smallest absolute Gasteiger partial charge is 0.126 e. The molecule has 1 aromatic carbocycles. The van der Waals surface area contributed by atoms with Crippen molar-refractivity contribution in [1.82, 2.24) is 4.90 Å². The molecule has 0 amide bonds. The van der Waals surface area contributed by atoms with Crippen LogP contribution in [0.1, 0.15) is 37.0 Å². The Morgan fingerprint density at radius 1 is 1.48 bits per heavy atom. The number of methoxy groups -OCH3 is 1. The Morgan fingerprint density at radius 3 is 2.90 bits per heavy atom. The SMILES string of the molecule is COC1CN(CCC(O)c2ccc(C)c(F)c2)CCC1C. The molecular formula is C17H26FNO2. The minimum absolute atomic E-state index is 0.252. The maximum absolute atomic E-state index is 13.5. The van der Waals surface area contributed by atoms with E-state index >= 15 is 0 Å². The number of hydrogen-bond donors (Lipinski definition) is 1. The summed E-state index contributed by atoms with van der Waals surface area (Å²) in [5.41, 5.74) is 1.27. The highest BCUT2D eigenvalue weighted by Gasteiger charge is 2.26. The van der Waals surface area contributed by atoms with Crippen molar-refractivity contribution < 1.29 is 14.2 Å². The first-order valence-electron chi connectivity index (χ1n) is 7.70. The maximum Gasteiger partial charge on any atom is 0.126 e. The number of halogens is 1. The molecule has 0 aliphatic carbocycles. The molecule has 3 atom stereocenters. The van der Waals surface area contributed by atoms with Gasteiger partial charge in [0, 0.05) is 20.2 Å². The number of piperidine rings is 1. The summed E-state index contributed by atoms with van der Waals surface area (Å²) in [6.45, 7) is 6.70. The Balaban J connectivity index is 1.86. The van der Waals surface area contributed by atoms with E-state index in [0.717, 1.165) is 26.1 Å². The molecule has 0 saturated carbocycles. The molecule has 118 valence electrons. The lowest BCUT2D eigenvalue weighted by molar-refractivity contribution is -0.00868. The van der Waals surface area contributed by atoms with Gasteiger partial charge in [0.15, 0.2) is 0 Å². The van der Waals surface area contributed by atoms with E-state index in [2.05, 4.69) is 11.8 Å². The fraction of sp³-hybridized carbons (Fsp3) is 0.647. The minimum atomic E-state index is -0.611. The summed E-state index contributed by atoms with van der Waals surface area (Å²) in [6.07, 6.45) is 1.40. The second kappa shape index (κ2) is 7.34. The monoisotopic (exact) mass is 295 g/mol. The first-order chi connectivity index (χ1) is 10.0. The normalized spacial score (nSPS) is 25.0. The molecule has 1 aliphatic heterocycles. The zero-order chi connectivity index (χ0) is 15.4. The van der Waals surface area contributed by atoms with Crippen LogP contribution in [-0.4, -0.2) is 42.9 Å². The third-order valence-corrected chi connectivity index (χ3v) is 4.58. The van der Waals surface area contributed by atoms with Crippen LogP contribution >= 0.6 is 0 Å². The molecule has 1 N–H and O–H groups in total. The van der Waals surface area contributed by atoms with Gasteiger partial charge in [-0.3, -0.25) is 0 Å². The fourth-order valence-electron chi connectivity index (χ4n) is 2.90. The van der Waals surface area contributed by atoms with Crippen LogP contribution in [0, 0.1) is 18.7 Å². The molecule has 1 heterocycles. The van der Waals surface area contributed by atoms with Crippen molar-refractivity contribution in [3.8, 4) is 0 Å². The van der Waals surface area contributed by atoms with Crippen LogP contribution in [0.25, 0.3) is 0 Å². The van der Waals surface area contributed by atoms with Gasteiger partial charge in [0.1, 0.15) is 5.82 Å². The van der Waals surface area contributed by atoms with Crippen LogP contribution in [0.3, 0.4) is 0 Å². The number of aliphatic hydroxyl groups is 1. The molecule has 0 radical (unpaired) electrons. The molecule has 1 saturated heterocycles. The van der Waals surface area contributed by atoms with Crippen molar-refractivity contribution in [3.05, 3.63) is 35.1 Å². The van der Waals surface area contributed by atoms with Gasteiger partial charge < -0.3 is 14.7 Å². The molecule has 2 rings (SSSR count). The fourth-order valence-corrected chi connectivity index (χ4v) is 2.90. The lowest BCUT2D eigenvalue weighted by atomic mass is 9.95. The molecular weight excluding hydrogens is 269 g/mol. The third kappa shape index (κ3) is 4.25. The van der Waals surface area contributed by atoms with E-state index in [4.69, 9.17) is 4.74 Å². The van der Waals surface area contributed by atoms with Crippen LogP contribution in [0.15, 0.2) is 18.2 Å². The van der Waals surface area contributed by atoms with E-state index in [1.54, 1.807) is 26.2 Å². The maximum atomic E-state index is 13.5. The molecule has 1 aliphatic rings. The van der Waals surface area contributed by atoms with Gasteiger partial charge in [0.05, 0.1) is 12.2 Å². The van der Waals surface area contributed by atoms with Crippen LogP contribution in [0.2, 0.25) is 0 Å². The molecule has 1 fully saturated rings. The molecule has 1 aromatic rings. The van der Waals surface area contributed by atoms with Crippen LogP contribution in [0.4, 0.5) is 4.39 Å². The molecule has 4 heteroatoms. The highest BCUT2D eigenvalue weighted by atomic mass is 19.1. The summed E-state index contributed by atoms with van der Waals surface area (Å²) >= 11 is 0. The molecule has 21 heavy (non-hydrogen) atoms. The molecule has 0 bridgehead atoms. The van der Waals surface area contributed by atoms with Crippen molar-refractivity contribution in [3.63, 3.8) is 0 Å². The lowest BCUT2D eigenvalue weighted by Gasteiger charge is -2.36. The van der Waals surface area contributed by atoms with Crippen molar-refractivity contribution in [1.29, 1.82) is 0 Å². The third-order valence-electron chi connectivity index (χ3n) is 4.58. The first-order valence-corrected chi connectivity index (χ1v) is 7.70. The summed E-state index contributed by atoms with van der Waals surface area (Å²) < 4.78 is 19.0. The van der Waals surface area contributed by atoms with E-state index in [1.807, 2.05) is 0 Å². The lowest BCUT2D eigenvalue weighted by Crippen LogP contribution is -2.44. The largest absolute Gasteiger partial charge is 0.388 e. The number of likely N-dealkylation sites (tertiary alicyclic amines) is 1. The number of benzene rings is 1. The summed E-state index contributed by atoms with van der Waals surface area (Å²) in [7, 11) is 1.76. The number of rotatable bonds is 5. The second-order valence-electron chi connectivity index (χ2n) is 6.15. The minimum Gasteiger partial charge on any atom is -0.388 e. The first kappa shape index (κ1) is 16.4. The summed E-state index contributed by atoms with van der Waals surface area (Å²) in [6, 6.07) is 4.97. The predicted octanol–water partition coefficient (Wildman–Crippen LogP) is 2.91. The van der Waals surface area contributed by atoms with Gasteiger partial charge in [0.25, 0.3) is 0 Å². The average Bonchev–Trinajstić information content (AvgIpc) is 2.48. The Labute approximate surface area is 126 Å². The number of aryl methyl sites for hydroxylation is 1. The molecule has 3 nitrogen and oxygen atoms in total. The number of ether oxygens (including phenoxy) is 1. The van der Waals surface area contributed by atoms with E-state index in [9.17, 15) is 9.50 Å². The zero-order valence-corrected chi connectivity index (χ0v) is 13.2. The Morgan fingerprint density at radius 2 is 2.24 bits per heavy atom. The summed E-state index contributed by atoms with van der Waals surface area (Å²) in [5.74, 6) is 0.333. The zero-order valence-electron chi connectivity index (χ0n) is 13.2. The molecule has 0 aromatic heterocycles. The highest BCUT2D eigenvalue weighted by molar-refractivity contribution is 5.24. The Bertz CT molecular complexity index is 466. The van der Waals surface area contributed by atoms with Crippen molar-refractivity contribution >= 4 is 0 Å². The molecule has 3 unspecified atom stereocenters. The quantitative estimate of drug-likeness (QED) is 0.906. The summed E-state index contributed by atoms with van der Waals surface area (Å²) in [4.78, 5) is 2.32. The molecule has 0 spiro atoms. The van der Waals surface area contributed by atoms with Gasteiger partial charge in [-0.25, -0.2) is 4.39 Å². The average molecular weight is 295 g/mol. The Hall–Kier alpha value is -0.970. The van der Waals surface area contributed by atoms with Gasteiger partial charge in [-0.15, -0.1) is 0 Å². The number of hydrogen-bond acceptors (Lipinski definition) is 3. The van der Waals surface area contributed by atoms with Gasteiger partial charge in [-0.05, 0) is 49.4 Å². The van der Waals surface area contributed by atoms with E-state index < -0.39 is 6.10 Å². The van der Waals surface area contributed by atoms with Crippen LogP contribution in [-0.2, 0) is 4.74 Å². The van der Waals surface area contributed by atoms with Gasteiger partial charge >= 0.3 is 0 Å². The van der Waals surface area contributed by atoms with E-state index in [-0.39, 0.29) is 11.9 Å². The van der Waals surface area contributed by atoms with Gasteiger partial charge in [0.2, 0.25) is 0 Å². The van der Waals surface area contributed by atoms with Crippen molar-refractivity contribution in [2.75, 3.05) is 26.7 Å². The number of aliphatic hydroxyl groups excluding tert-OH is 1. The highest BCUT2D eigenvalue weighted by Crippen LogP contribution is 2.23. The van der Waals surface area contributed by atoms with Crippen molar-refractivity contribution in [2.24, 2.45) is 5.92 Å². The number of nitrogens with zero attached hydrogens (tertiary/aromatic N) is 1. The van der Waals surface area contributed by atoms with Gasteiger partial charge in [-0.2, -0.15) is 0 Å². The van der Waals surface area contributed by atoms with Crippen molar-refractivity contribution in [2.45, 2.75) is 38.9 Å². The van der Waals surface area contributed by atoms with Crippen LogP contribution < -0.4 is 0 Å². The van der Waals surface area contributed by atoms with E-state index in [1.165, 1.54) is 6.07 Å². The van der Waals surface area contributed by atoms with Gasteiger partial charge in [-0.1, -0.05) is 19.1 Å². The summed E-state index contributed by atoms with van der Waals surface area (Å²) in [5, 5.41) is 10.2. The second-order valence-corrected chi connectivity index (χ2v) is 6.15.